The summed E-state index contributed by atoms with van der Waals surface area (Å²) in [5.74, 6) is 0. The van der Waals surface area contributed by atoms with Crippen LogP contribution in [0.15, 0.2) is 0 Å². The number of rotatable bonds is 1. The van der Waals surface area contributed by atoms with E-state index in [9.17, 15) is 0 Å². The van der Waals surface area contributed by atoms with E-state index in [1.165, 1.54) is 12.8 Å². The van der Waals surface area contributed by atoms with Gasteiger partial charge in [-0.15, -0.1) is 0 Å². The lowest BCUT2D eigenvalue weighted by atomic mass is 10.2. The Morgan fingerprint density at radius 1 is 1.55 bits per heavy atom. The highest BCUT2D eigenvalue weighted by atomic mass is 16.7. The Morgan fingerprint density at radius 3 is 2.45 bits per heavy atom. The predicted molar refractivity (Wildman–Crippen MR) is 43.4 cm³/mol. The van der Waals surface area contributed by atoms with Crippen molar-refractivity contribution in [2.75, 3.05) is 20.3 Å². The van der Waals surface area contributed by atoms with Crippen LogP contribution >= 0.6 is 0 Å². The van der Waals surface area contributed by atoms with Crippen LogP contribution in [0.3, 0.4) is 0 Å². The topological polar surface area (TPSA) is 38.7 Å². The molecule has 0 bridgehead atoms. The zero-order valence-electron chi connectivity index (χ0n) is 7.38. The van der Waals surface area contributed by atoms with Gasteiger partial charge in [-0.2, -0.15) is 0 Å². The summed E-state index contributed by atoms with van der Waals surface area (Å²) in [6, 6.07) is 0. The standard InChI is InChI=1S/C6H12O2.C2H6O/c1-7-6-4-2-3-5-8-6;1-2-3/h6H,2-5H2,1H3;3H,2H2,1H3. The molecule has 0 spiro atoms. The SMILES string of the molecule is CCO.COC1CCCCO1. The van der Waals surface area contributed by atoms with Gasteiger partial charge in [-0.3, -0.25) is 0 Å². The fourth-order valence-electron chi connectivity index (χ4n) is 0.897. The second kappa shape index (κ2) is 7.98. The molecule has 1 heterocycles. The fourth-order valence-corrected chi connectivity index (χ4v) is 0.897. The normalized spacial score (nSPS) is 23.7. The predicted octanol–water partition coefficient (Wildman–Crippen LogP) is 1.16. The minimum absolute atomic E-state index is 0.0868. The third-order valence-electron chi connectivity index (χ3n) is 1.40. The van der Waals surface area contributed by atoms with Crippen LogP contribution in [0.25, 0.3) is 0 Å². The average Bonchev–Trinajstić information content (AvgIpc) is 2.08. The first kappa shape index (κ1) is 10.9. The van der Waals surface area contributed by atoms with Crippen LogP contribution in [0.4, 0.5) is 0 Å². The molecule has 11 heavy (non-hydrogen) atoms. The first-order valence-electron chi connectivity index (χ1n) is 4.10. The first-order chi connectivity index (χ1) is 5.35. The maximum Gasteiger partial charge on any atom is 0.157 e. The monoisotopic (exact) mass is 162 g/mol. The molecule has 0 aliphatic carbocycles. The number of ether oxygens (including phenoxy) is 2. The Kier molecular flexibility index (Phi) is 7.89. The summed E-state index contributed by atoms with van der Waals surface area (Å²) in [6.07, 6.45) is 3.60. The van der Waals surface area contributed by atoms with E-state index < -0.39 is 0 Å². The van der Waals surface area contributed by atoms with Crippen LogP contribution < -0.4 is 0 Å². The van der Waals surface area contributed by atoms with Crippen molar-refractivity contribution in [1.29, 1.82) is 0 Å². The van der Waals surface area contributed by atoms with Crippen molar-refractivity contribution in [1.82, 2.24) is 0 Å². The zero-order chi connectivity index (χ0) is 8.53. The molecule has 1 atom stereocenters. The van der Waals surface area contributed by atoms with Gasteiger partial charge in [0.1, 0.15) is 0 Å². The third-order valence-corrected chi connectivity index (χ3v) is 1.40. The molecule has 0 saturated carbocycles. The van der Waals surface area contributed by atoms with E-state index >= 15 is 0 Å². The number of methoxy groups -OCH3 is 1. The summed E-state index contributed by atoms with van der Waals surface area (Å²) in [5, 5.41) is 7.57. The van der Waals surface area contributed by atoms with Crippen LogP contribution in [-0.2, 0) is 9.47 Å². The summed E-state index contributed by atoms with van der Waals surface area (Å²) in [5.41, 5.74) is 0. The van der Waals surface area contributed by atoms with E-state index in [1.54, 1.807) is 14.0 Å². The maximum atomic E-state index is 7.57. The Morgan fingerprint density at radius 2 is 2.18 bits per heavy atom. The summed E-state index contributed by atoms with van der Waals surface area (Å²) in [6.45, 7) is 2.80. The van der Waals surface area contributed by atoms with Crippen molar-refractivity contribution in [3.05, 3.63) is 0 Å². The van der Waals surface area contributed by atoms with Gasteiger partial charge in [-0.05, 0) is 26.2 Å². The average molecular weight is 162 g/mol. The van der Waals surface area contributed by atoms with Crippen molar-refractivity contribution < 1.29 is 14.6 Å². The van der Waals surface area contributed by atoms with Crippen LogP contribution in [0, 0.1) is 0 Å². The molecule has 3 heteroatoms. The number of hydrogen-bond donors (Lipinski definition) is 1. The Bertz CT molecular complexity index is 69.7. The number of aliphatic hydroxyl groups is 1. The van der Waals surface area contributed by atoms with Crippen molar-refractivity contribution in [2.24, 2.45) is 0 Å². The Balaban J connectivity index is 0.000000292. The van der Waals surface area contributed by atoms with Gasteiger partial charge in [0.25, 0.3) is 0 Å². The molecule has 1 N–H and O–H groups in total. The molecule has 0 amide bonds. The quantitative estimate of drug-likeness (QED) is 0.628. The van der Waals surface area contributed by atoms with Crippen molar-refractivity contribution in [3.8, 4) is 0 Å². The van der Waals surface area contributed by atoms with Gasteiger partial charge in [0, 0.05) is 20.3 Å². The summed E-state index contributed by atoms with van der Waals surface area (Å²) >= 11 is 0. The lowest BCUT2D eigenvalue weighted by molar-refractivity contribution is -0.145. The van der Waals surface area contributed by atoms with Gasteiger partial charge in [-0.1, -0.05) is 0 Å². The highest BCUT2D eigenvalue weighted by Crippen LogP contribution is 2.11. The lowest BCUT2D eigenvalue weighted by Gasteiger charge is -2.20. The highest BCUT2D eigenvalue weighted by Gasteiger charge is 2.10. The Labute approximate surface area is 68.3 Å². The number of hydrogen-bond acceptors (Lipinski definition) is 3. The minimum atomic E-state index is 0.0868. The van der Waals surface area contributed by atoms with Crippen molar-refractivity contribution >= 4 is 0 Å². The fraction of sp³-hybridized carbons (Fsp3) is 1.00. The molecular weight excluding hydrogens is 144 g/mol. The van der Waals surface area contributed by atoms with Crippen molar-refractivity contribution in [2.45, 2.75) is 32.5 Å². The minimum Gasteiger partial charge on any atom is -0.397 e. The van der Waals surface area contributed by atoms with Crippen molar-refractivity contribution in [3.63, 3.8) is 0 Å². The van der Waals surface area contributed by atoms with E-state index in [0.717, 1.165) is 13.0 Å². The summed E-state index contributed by atoms with van der Waals surface area (Å²) < 4.78 is 10.2. The third kappa shape index (κ3) is 6.28. The molecule has 1 fully saturated rings. The van der Waals surface area contributed by atoms with Gasteiger partial charge in [0.2, 0.25) is 0 Å². The maximum absolute atomic E-state index is 7.57. The molecule has 1 saturated heterocycles. The largest absolute Gasteiger partial charge is 0.397 e. The van der Waals surface area contributed by atoms with Gasteiger partial charge in [0.05, 0.1) is 0 Å². The summed E-state index contributed by atoms with van der Waals surface area (Å²) in [4.78, 5) is 0. The van der Waals surface area contributed by atoms with Crippen LogP contribution in [0.5, 0.6) is 0 Å². The molecule has 1 unspecified atom stereocenters. The Hall–Kier alpha value is -0.120. The molecule has 1 aliphatic heterocycles. The lowest BCUT2D eigenvalue weighted by Crippen LogP contribution is -2.20. The van der Waals surface area contributed by atoms with Gasteiger partial charge < -0.3 is 14.6 Å². The first-order valence-corrected chi connectivity index (χ1v) is 4.10. The van der Waals surface area contributed by atoms with E-state index in [0.29, 0.717) is 0 Å². The molecule has 0 radical (unpaired) electrons. The van der Waals surface area contributed by atoms with Gasteiger partial charge in [0.15, 0.2) is 6.29 Å². The van der Waals surface area contributed by atoms with Crippen LogP contribution in [0.2, 0.25) is 0 Å². The van der Waals surface area contributed by atoms with E-state index in [1.807, 2.05) is 0 Å². The molecule has 0 aromatic heterocycles. The molecule has 1 aliphatic rings. The highest BCUT2D eigenvalue weighted by molar-refractivity contribution is 4.52. The number of aliphatic hydroxyl groups excluding tert-OH is 1. The van der Waals surface area contributed by atoms with E-state index in [2.05, 4.69) is 0 Å². The molecule has 68 valence electrons. The smallest absolute Gasteiger partial charge is 0.157 e. The van der Waals surface area contributed by atoms with Crippen LogP contribution in [0.1, 0.15) is 26.2 Å². The van der Waals surface area contributed by atoms with Crippen LogP contribution in [-0.4, -0.2) is 31.7 Å². The molecule has 0 aromatic rings. The van der Waals surface area contributed by atoms with Gasteiger partial charge in [-0.25, -0.2) is 0 Å². The second-order valence-electron chi connectivity index (χ2n) is 2.35. The van der Waals surface area contributed by atoms with E-state index in [4.69, 9.17) is 14.6 Å². The molecule has 3 nitrogen and oxygen atoms in total. The van der Waals surface area contributed by atoms with Gasteiger partial charge >= 0.3 is 0 Å². The zero-order valence-corrected chi connectivity index (χ0v) is 7.38. The molecule has 0 aromatic carbocycles. The molecule has 1 rings (SSSR count). The van der Waals surface area contributed by atoms with E-state index in [-0.39, 0.29) is 12.9 Å². The second-order valence-corrected chi connectivity index (χ2v) is 2.35. The molecular formula is C8H18O3. The summed E-state index contributed by atoms with van der Waals surface area (Å²) in [7, 11) is 1.69.